The molecule has 3 fully saturated rings. The van der Waals surface area contributed by atoms with Crippen molar-refractivity contribution in [1.29, 1.82) is 0 Å². The Bertz CT molecular complexity index is 1050. The second-order valence-electron chi connectivity index (χ2n) is 7.89. The first-order valence-corrected chi connectivity index (χ1v) is 11.4. The molecule has 0 radical (unpaired) electrons. The summed E-state index contributed by atoms with van der Waals surface area (Å²) in [6, 6.07) is 10.5. The highest BCUT2D eigenvalue weighted by atomic mass is 35.5. The smallest absolute Gasteiger partial charge is 0.254 e. The summed E-state index contributed by atoms with van der Waals surface area (Å²) in [5.41, 5.74) is 0.538. The molecule has 2 aromatic rings. The van der Waals surface area contributed by atoms with Gasteiger partial charge in [0.05, 0.1) is 12.6 Å². The highest BCUT2D eigenvalue weighted by Crippen LogP contribution is 2.47. The molecular formula is C20H20ClN3O4S. The number of likely N-dealkylation sites (tertiary alicyclic amines) is 1. The van der Waals surface area contributed by atoms with Crippen molar-refractivity contribution in [3.05, 3.63) is 64.9 Å². The van der Waals surface area contributed by atoms with Gasteiger partial charge in [-0.15, -0.1) is 0 Å². The van der Waals surface area contributed by atoms with Gasteiger partial charge in [0.2, 0.25) is 10.0 Å². The zero-order valence-corrected chi connectivity index (χ0v) is 17.1. The number of amides is 1. The summed E-state index contributed by atoms with van der Waals surface area (Å²) in [7, 11) is -3.52. The van der Waals surface area contributed by atoms with E-state index in [9.17, 15) is 13.2 Å². The van der Waals surface area contributed by atoms with Crippen LogP contribution in [0.1, 0.15) is 22.3 Å². The number of morpholine rings is 1. The van der Waals surface area contributed by atoms with Crippen molar-refractivity contribution in [2.75, 3.05) is 19.6 Å². The average Bonchev–Trinajstić information content (AvgIpc) is 3.09. The van der Waals surface area contributed by atoms with Gasteiger partial charge in [0.25, 0.3) is 5.91 Å². The van der Waals surface area contributed by atoms with Crippen molar-refractivity contribution in [3.63, 3.8) is 0 Å². The number of carbonyl (C=O) groups excluding carboxylic acids is 1. The number of hydrogen-bond donors (Lipinski definition) is 0. The van der Waals surface area contributed by atoms with Gasteiger partial charge >= 0.3 is 0 Å². The summed E-state index contributed by atoms with van der Waals surface area (Å²) < 4.78 is 34.2. The van der Waals surface area contributed by atoms with Crippen LogP contribution in [0.4, 0.5) is 0 Å². The van der Waals surface area contributed by atoms with Crippen molar-refractivity contribution in [2.45, 2.75) is 29.9 Å². The molecule has 0 saturated carbocycles. The molecule has 3 saturated heterocycles. The van der Waals surface area contributed by atoms with Gasteiger partial charge in [-0.3, -0.25) is 9.78 Å². The van der Waals surface area contributed by atoms with Crippen LogP contribution in [-0.2, 0) is 21.3 Å². The summed E-state index contributed by atoms with van der Waals surface area (Å²) in [5.74, 6) is -0.116. The number of rotatable bonds is 3. The first-order chi connectivity index (χ1) is 13.9. The van der Waals surface area contributed by atoms with E-state index in [-0.39, 0.29) is 31.6 Å². The van der Waals surface area contributed by atoms with Crippen LogP contribution in [0.3, 0.4) is 0 Å². The molecule has 9 heteroatoms. The van der Waals surface area contributed by atoms with E-state index < -0.39 is 20.9 Å². The maximum absolute atomic E-state index is 13.2. The highest BCUT2D eigenvalue weighted by molar-refractivity contribution is 7.90. The fourth-order valence-electron chi connectivity index (χ4n) is 4.72. The van der Waals surface area contributed by atoms with E-state index in [1.54, 1.807) is 41.6 Å². The Morgan fingerprint density at radius 3 is 2.62 bits per heavy atom. The number of nitrogens with zero attached hydrogens (tertiary/aromatic N) is 3. The van der Waals surface area contributed by atoms with Crippen molar-refractivity contribution in [1.82, 2.24) is 14.2 Å². The van der Waals surface area contributed by atoms with Crippen LogP contribution >= 0.6 is 11.6 Å². The molecule has 29 heavy (non-hydrogen) atoms. The molecule has 5 rings (SSSR count). The zero-order chi connectivity index (χ0) is 20.2. The molecule has 3 aliphatic rings. The van der Waals surface area contributed by atoms with E-state index in [2.05, 4.69) is 4.98 Å². The Labute approximate surface area is 174 Å². The van der Waals surface area contributed by atoms with Crippen molar-refractivity contribution in [2.24, 2.45) is 0 Å². The molecule has 0 unspecified atom stereocenters. The highest BCUT2D eigenvalue weighted by Gasteiger charge is 2.65. The Morgan fingerprint density at radius 1 is 1.17 bits per heavy atom. The molecule has 1 spiro atoms. The molecule has 3 aliphatic heterocycles. The number of aromatic nitrogens is 1. The van der Waals surface area contributed by atoms with Crippen molar-refractivity contribution < 1.29 is 17.9 Å². The largest absolute Gasteiger partial charge is 0.365 e. The maximum atomic E-state index is 13.2. The molecule has 2 bridgehead atoms. The summed E-state index contributed by atoms with van der Waals surface area (Å²) in [6.45, 7) is 1.20. The third-order valence-electron chi connectivity index (χ3n) is 6.00. The van der Waals surface area contributed by atoms with E-state index in [0.717, 1.165) is 5.56 Å². The molecular weight excluding hydrogens is 414 g/mol. The fourth-order valence-corrected chi connectivity index (χ4v) is 7.13. The first-order valence-electron chi connectivity index (χ1n) is 9.48. The van der Waals surface area contributed by atoms with Gasteiger partial charge in [-0.1, -0.05) is 23.7 Å². The molecule has 7 nitrogen and oxygen atoms in total. The van der Waals surface area contributed by atoms with Crippen LogP contribution in [0.5, 0.6) is 0 Å². The van der Waals surface area contributed by atoms with Crippen LogP contribution in [-0.4, -0.2) is 65.1 Å². The molecule has 1 amide bonds. The summed E-state index contributed by atoms with van der Waals surface area (Å²) >= 11 is 5.93. The van der Waals surface area contributed by atoms with Crippen LogP contribution < -0.4 is 0 Å². The number of fused-ring (bicyclic) bond motifs is 1. The molecule has 1 aromatic heterocycles. The quantitative estimate of drug-likeness (QED) is 0.739. The van der Waals surface area contributed by atoms with Gasteiger partial charge in [0, 0.05) is 42.6 Å². The van der Waals surface area contributed by atoms with E-state index in [0.29, 0.717) is 23.6 Å². The van der Waals surface area contributed by atoms with E-state index >= 15 is 0 Å². The second kappa shape index (κ2) is 6.77. The zero-order valence-electron chi connectivity index (χ0n) is 15.6. The standard InChI is InChI=1S/C20H20ClN3O4S/c21-16-3-1-14(2-4-16)10-24-13-20-12-23(19(25)15-5-7-22-8-6-15)11-17(28-20)9-18(20)29(24,26)27/h1-8,17-18H,9-13H2/t17-,18+,20+/m0/s1. The molecule has 152 valence electrons. The van der Waals surface area contributed by atoms with Crippen LogP contribution in [0.25, 0.3) is 0 Å². The monoisotopic (exact) mass is 433 g/mol. The fraction of sp³-hybridized carbons (Fsp3) is 0.400. The molecule has 4 heterocycles. The van der Waals surface area contributed by atoms with Gasteiger partial charge in [0.15, 0.2) is 0 Å². The second-order valence-corrected chi connectivity index (χ2v) is 10.4. The van der Waals surface area contributed by atoms with Crippen LogP contribution in [0.15, 0.2) is 48.8 Å². The Kier molecular flexibility index (Phi) is 4.43. The van der Waals surface area contributed by atoms with Gasteiger partial charge in [-0.25, -0.2) is 8.42 Å². The van der Waals surface area contributed by atoms with Gasteiger partial charge < -0.3 is 9.64 Å². The third kappa shape index (κ3) is 3.15. The lowest BCUT2D eigenvalue weighted by atomic mass is 9.99. The minimum Gasteiger partial charge on any atom is -0.365 e. The molecule has 1 aromatic carbocycles. The number of pyridine rings is 1. The Morgan fingerprint density at radius 2 is 1.90 bits per heavy atom. The number of carbonyl (C=O) groups is 1. The first kappa shape index (κ1) is 19.0. The lowest BCUT2D eigenvalue weighted by Crippen LogP contribution is -2.56. The number of halogens is 1. The van der Waals surface area contributed by atoms with E-state index in [1.807, 2.05) is 12.1 Å². The maximum Gasteiger partial charge on any atom is 0.254 e. The average molecular weight is 434 g/mol. The lowest BCUT2D eigenvalue weighted by molar-refractivity contribution is -0.0980. The van der Waals surface area contributed by atoms with E-state index in [1.165, 1.54) is 4.31 Å². The summed E-state index contributed by atoms with van der Waals surface area (Å²) in [5, 5.41) is -0.0141. The minimum absolute atomic E-state index is 0.116. The Hall–Kier alpha value is -2.00. The summed E-state index contributed by atoms with van der Waals surface area (Å²) in [6.07, 6.45) is 3.32. The minimum atomic E-state index is -3.52. The number of ether oxygens (including phenoxy) is 1. The number of hydrogen-bond acceptors (Lipinski definition) is 5. The molecule has 3 atom stereocenters. The van der Waals surface area contributed by atoms with Gasteiger partial charge in [0.1, 0.15) is 10.9 Å². The number of benzene rings is 1. The lowest BCUT2D eigenvalue weighted by Gasteiger charge is -2.39. The normalized spacial score (nSPS) is 30.3. The molecule has 0 N–H and O–H groups in total. The van der Waals surface area contributed by atoms with Crippen molar-refractivity contribution >= 4 is 27.5 Å². The van der Waals surface area contributed by atoms with E-state index in [4.69, 9.17) is 16.3 Å². The predicted molar refractivity (Wildman–Crippen MR) is 107 cm³/mol. The third-order valence-corrected chi connectivity index (χ3v) is 8.57. The SMILES string of the molecule is O=C(c1ccncc1)N1C[C@@H]2C[C@@H]3[C@@](C1)(CN(Cc1ccc(Cl)cc1)S3(=O)=O)O2. The predicted octanol–water partition coefficient (Wildman–Crippen LogP) is 1.93. The Balaban J connectivity index is 1.40. The molecule has 0 aliphatic carbocycles. The van der Waals surface area contributed by atoms with Crippen LogP contribution in [0, 0.1) is 0 Å². The van der Waals surface area contributed by atoms with Gasteiger partial charge in [-0.05, 0) is 36.2 Å². The van der Waals surface area contributed by atoms with Crippen LogP contribution in [0.2, 0.25) is 5.02 Å². The summed E-state index contributed by atoms with van der Waals surface area (Å²) in [4.78, 5) is 18.6. The number of sulfonamides is 1. The van der Waals surface area contributed by atoms with Crippen molar-refractivity contribution in [3.8, 4) is 0 Å². The topological polar surface area (TPSA) is 79.8 Å². The van der Waals surface area contributed by atoms with Gasteiger partial charge in [-0.2, -0.15) is 4.31 Å².